The highest BCUT2D eigenvalue weighted by Crippen LogP contribution is 2.25. The molecule has 1 N–H and O–H groups in total. The van der Waals surface area contributed by atoms with Crippen LogP contribution in [-0.4, -0.2) is 9.78 Å². The van der Waals surface area contributed by atoms with Crippen LogP contribution < -0.4 is 5.32 Å². The second-order valence-corrected chi connectivity index (χ2v) is 6.67. The molecule has 0 radical (unpaired) electrons. The van der Waals surface area contributed by atoms with E-state index in [2.05, 4.69) is 17.0 Å². The largest absolute Gasteiger partial charge is 0.381 e. The number of nitrogens with zero attached hydrogens (tertiary/aromatic N) is 2. The van der Waals surface area contributed by atoms with E-state index in [-0.39, 0.29) is 11.6 Å². The van der Waals surface area contributed by atoms with Crippen LogP contribution in [0.25, 0.3) is 22.3 Å². The van der Waals surface area contributed by atoms with Crippen molar-refractivity contribution in [3.8, 4) is 5.69 Å². The highest BCUT2D eigenvalue weighted by Gasteiger charge is 2.11. The van der Waals surface area contributed by atoms with Gasteiger partial charge in [-0.2, -0.15) is 5.10 Å². The number of aromatic nitrogens is 2. The Morgan fingerprint density at radius 3 is 2.54 bits per heavy atom. The van der Waals surface area contributed by atoms with E-state index >= 15 is 0 Å². The summed E-state index contributed by atoms with van der Waals surface area (Å²) in [5, 5.41) is 8.73. The van der Waals surface area contributed by atoms with Crippen molar-refractivity contribution in [2.24, 2.45) is 0 Å². The van der Waals surface area contributed by atoms with Crippen LogP contribution in [0.5, 0.6) is 0 Å². The maximum absolute atomic E-state index is 13.3. The van der Waals surface area contributed by atoms with Gasteiger partial charge in [0.1, 0.15) is 11.6 Å². The summed E-state index contributed by atoms with van der Waals surface area (Å²) in [5.74, 6) is -0.521. The molecule has 1 heterocycles. The molecule has 4 aromatic rings. The number of aryl methyl sites for hydroxylation is 1. The monoisotopic (exact) mass is 375 g/mol. The first-order valence-corrected chi connectivity index (χ1v) is 8.94. The maximum Gasteiger partial charge on any atom is 0.123 e. The van der Waals surface area contributed by atoms with Crippen LogP contribution in [0.2, 0.25) is 0 Å². The molecule has 0 bridgehead atoms. The quantitative estimate of drug-likeness (QED) is 0.508. The predicted octanol–water partition coefficient (Wildman–Crippen LogP) is 5.37. The fourth-order valence-electron chi connectivity index (χ4n) is 3.26. The number of rotatable bonds is 5. The van der Waals surface area contributed by atoms with Crippen LogP contribution in [0.4, 0.5) is 8.78 Å². The Labute approximate surface area is 161 Å². The molecule has 0 aliphatic rings. The van der Waals surface area contributed by atoms with E-state index in [4.69, 9.17) is 0 Å². The Bertz CT molecular complexity index is 1160. The number of hydrogen-bond donors (Lipinski definition) is 1. The van der Waals surface area contributed by atoms with Crippen molar-refractivity contribution < 1.29 is 8.78 Å². The van der Waals surface area contributed by atoms with E-state index in [9.17, 15) is 8.78 Å². The number of hydrogen-bond acceptors (Lipinski definition) is 2. The van der Waals surface area contributed by atoms with Crippen LogP contribution in [0.1, 0.15) is 16.7 Å². The minimum Gasteiger partial charge on any atom is -0.381 e. The summed E-state index contributed by atoms with van der Waals surface area (Å²) >= 11 is 0. The van der Waals surface area contributed by atoms with E-state index in [1.165, 1.54) is 24.3 Å². The average Bonchev–Trinajstić information content (AvgIpc) is 3.12. The Morgan fingerprint density at radius 1 is 1.04 bits per heavy atom. The van der Waals surface area contributed by atoms with Crippen molar-refractivity contribution in [2.45, 2.75) is 13.5 Å². The van der Waals surface area contributed by atoms with Gasteiger partial charge < -0.3 is 5.32 Å². The maximum atomic E-state index is 13.3. The highest BCUT2D eigenvalue weighted by molar-refractivity contribution is 5.91. The highest BCUT2D eigenvalue weighted by atomic mass is 19.1. The first kappa shape index (κ1) is 17.9. The van der Waals surface area contributed by atoms with E-state index in [0.29, 0.717) is 6.54 Å². The molecule has 0 atom stereocenters. The zero-order valence-electron chi connectivity index (χ0n) is 15.4. The summed E-state index contributed by atoms with van der Waals surface area (Å²) < 4.78 is 28.3. The average molecular weight is 375 g/mol. The molecule has 0 aliphatic heterocycles. The first-order valence-electron chi connectivity index (χ1n) is 8.94. The molecule has 4 rings (SSSR count). The van der Waals surface area contributed by atoms with Crippen molar-refractivity contribution in [1.29, 1.82) is 0 Å². The number of halogens is 2. The standard InChI is InChI=1S/C23H19F2N3/c1-15-12-19(25)7-6-17(15)13-26-16(2)21-4-3-5-23-22(21)14-27-28(23)20-10-8-18(24)9-11-20/h3-12,14,26H,2,13H2,1H3. The van der Waals surface area contributed by atoms with E-state index in [0.717, 1.165) is 39.0 Å². The lowest BCUT2D eigenvalue weighted by atomic mass is 10.1. The lowest BCUT2D eigenvalue weighted by molar-refractivity contribution is 0.625. The van der Waals surface area contributed by atoms with Gasteiger partial charge in [-0.05, 0) is 60.5 Å². The van der Waals surface area contributed by atoms with Gasteiger partial charge in [0.2, 0.25) is 0 Å². The van der Waals surface area contributed by atoms with Crippen molar-refractivity contribution in [1.82, 2.24) is 15.1 Å². The minimum atomic E-state index is -0.283. The topological polar surface area (TPSA) is 29.9 Å². The van der Waals surface area contributed by atoms with Crippen molar-refractivity contribution in [3.63, 3.8) is 0 Å². The SMILES string of the molecule is C=C(NCc1ccc(F)cc1C)c1cccc2c1cnn2-c1ccc(F)cc1. The zero-order chi connectivity index (χ0) is 19.7. The minimum absolute atomic E-state index is 0.238. The molecular formula is C23H19F2N3. The Balaban J connectivity index is 1.62. The van der Waals surface area contributed by atoms with Gasteiger partial charge in [-0.15, -0.1) is 0 Å². The molecule has 0 fully saturated rings. The van der Waals surface area contributed by atoms with Gasteiger partial charge in [-0.25, -0.2) is 13.5 Å². The summed E-state index contributed by atoms with van der Waals surface area (Å²) in [7, 11) is 0. The van der Waals surface area contributed by atoms with Crippen LogP contribution in [-0.2, 0) is 6.54 Å². The zero-order valence-corrected chi connectivity index (χ0v) is 15.4. The fraction of sp³-hybridized carbons (Fsp3) is 0.0870. The molecule has 5 heteroatoms. The van der Waals surface area contributed by atoms with Gasteiger partial charge in [-0.3, -0.25) is 0 Å². The van der Waals surface area contributed by atoms with E-state index in [1.54, 1.807) is 29.1 Å². The number of nitrogens with one attached hydrogen (secondary N) is 1. The molecule has 3 aromatic carbocycles. The van der Waals surface area contributed by atoms with E-state index < -0.39 is 0 Å². The molecule has 0 aliphatic carbocycles. The molecule has 0 spiro atoms. The molecule has 1 aromatic heterocycles. The second-order valence-electron chi connectivity index (χ2n) is 6.67. The Kier molecular flexibility index (Phi) is 4.65. The summed E-state index contributed by atoms with van der Waals surface area (Å²) in [5.41, 5.74) is 5.29. The van der Waals surface area contributed by atoms with Crippen molar-refractivity contribution in [2.75, 3.05) is 0 Å². The molecule has 3 nitrogen and oxygen atoms in total. The Morgan fingerprint density at radius 2 is 1.79 bits per heavy atom. The van der Waals surface area contributed by atoms with Gasteiger partial charge in [0, 0.05) is 23.2 Å². The second kappa shape index (κ2) is 7.27. The van der Waals surface area contributed by atoms with Gasteiger partial charge in [0.15, 0.2) is 0 Å². The van der Waals surface area contributed by atoms with Gasteiger partial charge in [0.25, 0.3) is 0 Å². The third-order valence-corrected chi connectivity index (χ3v) is 4.81. The van der Waals surface area contributed by atoms with Crippen LogP contribution >= 0.6 is 0 Å². The van der Waals surface area contributed by atoms with Crippen LogP contribution in [0.3, 0.4) is 0 Å². The fourth-order valence-corrected chi connectivity index (χ4v) is 3.26. The molecule has 0 saturated carbocycles. The molecule has 0 saturated heterocycles. The summed E-state index contributed by atoms with van der Waals surface area (Å²) in [6.07, 6.45) is 1.78. The molecule has 0 unspecified atom stereocenters. The number of fused-ring (bicyclic) bond motifs is 1. The summed E-state index contributed by atoms with van der Waals surface area (Å²) in [4.78, 5) is 0. The van der Waals surface area contributed by atoms with Crippen LogP contribution in [0.15, 0.2) is 73.4 Å². The lowest BCUT2D eigenvalue weighted by Crippen LogP contribution is -2.12. The van der Waals surface area contributed by atoms with Gasteiger partial charge >= 0.3 is 0 Å². The van der Waals surface area contributed by atoms with Gasteiger partial charge in [-0.1, -0.05) is 24.8 Å². The van der Waals surface area contributed by atoms with Crippen LogP contribution in [0, 0.1) is 18.6 Å². The van der Waals surface area contributed by atoms with Crippen molar-refractivity contribution in [3.05, 3.63) is 102 Å². The third-order valence-electron chi connectivity index (χ3n) is 4.81. The number of benzene rings is 3. The van der Waals surface area contributed by atoms with E-state index in [1.807, 2.05) is 25.1 Å². The van der Waals surface area contributed by atoms with Gasteiger partial charge in [0.05, 0.1) is 17.4 Å². The summed E-state index contributed by atoms with van der Waals surface area (Å²) in [6, 6.07) is 16.9. The third kappa shape index (κ3) is 3.39. The Hall–Kier alpha value is -3.47. The molecule has 0 amide bonds. The molecular weight excluding hydrogens is 356 g/mol. The molecule has 140 valence electrons. The normalized spacial score (nSPS) is 11.0. The smallest absolute Gasteiger partial charge is 0.123 e. The lowest BCUT2D eigenvalue weighted by Gasteiger charge is -2.13. The summed E-state index contributed by atoms with van der Waals surface area (Å²) in [6.45, 7) is 6.59. The molecule has 28 heavy (non-hydrogen) atoms. The first-order chi connectivity index (χ1) is 13.5. The van der Waals surface area contributed by atoms with Crippen molar-refractivity contribution >= 4 is 16.6 Å². The predicted molar refractivity (Wildman–Crippen MR) is 108 cm³/mol.